The molecule has 1 aromatic heterocycles. The molecule has 1 N–H and O–H groups in total. The van der Waals surface area contributed by atoms with Crippen molar-refractivity contribution < 1.29 is 0 Å². The number of nitrogens with zero attached hydrogens (tertiary/aromatic N) is 3. The summed E-state index contributed by atoms with van der Waals surface area (Å²) in [4.78, 5) is 2.62. The lowest BCUT2D eigenvalue weighted by molar-refractivity contribution is 0.116. The summed E-state index contributed by atoms with van der Waals surface area (Å²) in [5.41, 5.74) is 0. The van der Waals surface area contributed by atoms with Crippen LogP contribution in [0.4, 0.5) is 0 Å². The monoisotopic (exact) mass is 236 g/mol. The van der Waals surface area contributed by atoms with Gasteiger partial charge in [0.25, 0.3) is 0 Å². The molecule has 0 aliphatic carbocycles. The van der Waals surface area contributed by atoms with Gasteiger partial charge in [0.15, 0.2) is 0 Å². The summed E-state index contributed by atoms with van der Waals surface area (Å²) >= 11 is 0. The van der Waals surface area contributed by atoms with Crippen LogP contribution in [0.1, 0.15) is 26.2 Å². The van der Waals surface area contributed by atoms with E-state index in [-0.39, 0.29) is 0 Å². The molecule has 2 rings (SSSR count). The molecular weight excluding hydrogens is 212 g/mol. The van der Waals surface area contributed by atoms with Crippen molar-refractivity contribution in [3.05, 3.63) is 18.5 Å². The topological polar surface area (TPSA) is 33.1 Å². The molecule has 2 heterocycles. The maximum absolute atomic E-state index is 4.27. The SMILES string of the molecule is CNC(C)C1CCCCN1CCn1cccn1. The Kier molecular flexibility index (Phi) is 4.57. The Hall–Kier alpha value is -0.870. The van der Waals surface area contributed by atoms with Gasteiger partial charge in [0.1, 0.15) is 0 Å². The number of likely N-dealkylation sites (N-methyl/N-ethyl adjacent to an activating group) is 1. The lowest BCUT2D eigenvalue weighted by atomic mass is 9.96. The van der Waals surface area contributed by atoms with Crippen molar-refractivity contribution in [3.8, 4) is 0 Å². The molecule has 0 aromatic carbocycles. The minimum absolute atomic E-state index is 0.577. The highest BCUT2D eigenvalue weighted by Gasteiger charge is 2.25. The molecule has 1 fully saturated rings. The summed E-state index contributed by atoms with van der Waals surface area (Å²) in [6.07, 6.45) is 7.92. The smallest absolute Gasteiger partial charge is 0.0536 e. The van der Waals surface area contributed by atoms with Crippen molar-refractivity contribution in [2.45, 2.75) is 44.8 Å². The highest BCUT2D eigenvalue weighted by atomic mass is 15.3. The summed E-state index contributed by atoms with van der Waals surface area (Å²) in [5.74, 6) is 0. The van der Waals surface area contributed by atoms with E-state index < -0.39 is 0 Å². The van der Waals surface area contributed by atoms with Gasteiger partial charge in [0, 0.05) is 31.0 Å². The van der Waals surface area contributed by atoms with Gasteiger partial charge in [-0.25, -0.2) is 0 Å². The van der Waals surface area contributed by atoms with Crippen LogP contribution < -0.4 is 5.32 Å². The molecule has 1 aliphatic heterocycles. The van der Waals surface area contributed by atoms with Gasteiger partial charge in [0.05, 0.1) is 6.54 Å². The number of likely N-dealkylation sites (tertiary alicyclic amines) is 1. The third-order valence-corrected chi connectivity index (χ3v) is 3.87. The molecule has 2 atom stereocenters. The predicted molar refractivity (Wildman–Crippen MR) is 70.0 cm³/mol. The Balaban J connectivity index is 1.87. The molecule has 2 unspecified atom stereocenters. The average Bonchev–Trinajstić information content (AvgIpc) is 2.89. The Labute approximate surface area is 104 Å². The molecule has 0 amide bonds. The van der Waals surface area contributed by atoms with Gasteiger partial charge < -0.3 is 5.32 Å². The normalized spacial score (nSPS) is 23.8. The zero-order valence-corrected chi connectivity index (χ0v) is 11.0. The zero-order valence-electron chi connectivity index (χ0n) is 11.0. The first-order chi connectivity index (χ1) is 8.31. The van der Waals surface area contributed by atoms with Crippen LogP contribution >= 0.6 is 0 Å². The fourth-order valence-corrected chi connectivity index (χ4v) is 2.72. The van der Waals surface area contributed by atoms with Crippen molar-refractivity contribution in [2.75, 3.05) is 20.1 Å². The Morgan fingerprint density at radius 1 is 1.41 bits per heavy atom. The molecular formula is C13H24N4. The number of hydrogen-bond acceptors (Lipinski definition) is 3. The van der Waals surface area contributed by atoms with E-state index in [0.717, 1.165) is 13.1 Å². The third kappa shape index (κ3) is 3.30. The van der Waals surface area contributed by atoms with Crippen LogP contribution in [0.15, 0.2) is 18.5 Å². The number of piperidine rings is 1. The van der Waals surface area contributed by atoms with Crippen molar-refractivity contribution in [1.29, 1.82) is 0 Å². The lowest BCUT2D eigenvalue weighted by Crippen LogP contribution is -2.51. The molecule has 0 spiro atoms. The van der Waals surface area contributed by atoms with Crippen LogP contribution in [0, 0.1) is 0 Å². The van der Waals surface area contributed by atoms with Gasteiger partial charge in [-0.3, -0.25) is 9.58 Å². The van der Waals surface area contributed by atoms with Gasteiger partial charge in [0.2, 0.25) is 0 Å². The summed E-state index contributed by atoms with van der Waals surface area (Å²) in [5, 5.41) is 7.66. The quantitative estimate of drug-likeness (QED) is 0.837. The maximum Gasteiger partial charge on any atom is 0.0536 e. The van der Waals surface area contributed by atoms with Gasteiger partial charge in [-0.1, -0.05) is 6.42 Å². The molecule has 4 heteroatoms. The van der Waals surface area contributed by atoms with E-state index in [1.165, 1.54) is 25.8 Å². The largest absolute Gasteiger partial charge is 0.316 e. The number of hydrogen-bond donors (Lipinski definition) is 1. The van der Waals surface area contributed by atoms with Crippen LogP contribution in [-0.2, 0) is 6.54 Å². The molecule has 0 radical (unpaired) electrons. The highest BCUT2D eigenvalue weighted by Crippen LogP contribution is 2.19. The Morgan fingerprint density at radius 3 is 3.00 bits per heavy atom. The third-order valence-electron chi connectivity index (χ3n) is 3.87. The van der Waals surface area contributed by atoms with Crippen LogP contribution in [0.2, 0.25) is 0 Å². The minimum atomic E-state index is 0.577. The summed E-state index contributed by atoms with van der Waals surface area (Å²) in [6, 6.07) is 3.25. The van der Waals surface area contributed by atoms with E-state index in [0.29, 0.717) is 12.1 Å². The lowest BCUT2D eigenvalue weighted by Gasteiger charge is -2.39. The fourth-order valence-electron chi connectivity index (χ4n) is 2.72. The summed E-state index contributed by atoms with van der Waals surface area (Å²) < 4.78 is 2.02. The van der Waals surface area contributed by atoms with E-state index in [9.17, 15) is 0 Å². The number of aromatic nitrogens is 2. The van der Waals surface area contributed by atoms with Crippen molar-refractivity contribution in [3.63, 3.8) is 0 Å². The maximum atomic E-state index is 4.27. The number of rotatable bonds is 5. The Bertz CT molecular complexity index is 309. The van der Waals surface area contributed by atoms with Crippen LogP contribution in [-0.4, -0.2) is 46.9 Å². The van der Waals surface area contributed by atoms with Crippen LogP contribution in [0.3, 0.4) is 0 Å². The van der Waals surface area contributed by atoms with Crippen molar-refractivity contribution in [1.82, 2.24) is 20.0 Å². The van der Waals surface area contributed by atoms with E-state index in [4.69, 9.17) is 0 Å². The predicted octanol–water partition coefficient (Wildman–Crippen LogP) is 1.35. The number of nitrogens with one attached hydrogen (secondary N) is 1. The second-order valence-corrected chi connectivity index (χ2v) is 4.95. The van der Waals surface area contributed by atoms with Crippen LogP contribution in [0.5, 0.6) is 0 Å². The highest BCUT2D eigenvalue weighted by molar-refractivity contribution is 4.85. The van der Waals surface area contributed by atoms with Gasteiger partial charge in [-0.15, -0.1) is 0 Å². The zero-order chi connectivity index (χ0) is 12.1. The van der Waals surface area contributed by atoms with Gasteiger partial charge >= 0.3 is 0 Å². The van der Waals surface area contributed by atoms with Crippen molar-refractivity contribution >= 4 is 0 Å². The van der Waals surface area contributed by atoms with Gasteiger partial charge in [-0.05, 0) is 39.4 Å². The van der Waals surface area contributed by atoms with Crippen LogP contribution in [0.25, 0.3) is 0 Å². The Morgan fingerprint density at radius 2 is 2.29 bits per heavy atom. The molecule has 0 bridgehead atoms. The molecule has 1 saturated heterocycles. The molecule has 4 nitrogen and oxygen atoms in total. The standard InChI is InChI=1S/C13H24N4/c1-12(14-2)13-6-3-4-8-16(13)10-11-17-9-5-7-15-17/h5,7,9,12-14H,3-4,6,8,10-11H2,1-2H3. The second-order valence-electron chi connectivity index (χ2n) is 4.95. The first-order valence-corrected chi connectivity index (χ1v) is 6.70. The van der Waals surface area contributed by atoms with E-state index in [1.54, 1.807) is 0 Å². The first kappa shape index (κ1) is 12.6. The second kappa shape index (κ2) is 6.17. The van der Waals surface area contributed by atoms with Crippen molar-refractivity contribution in [2.24, 2.45) is 0 Å². The molecule has 0 saturated carbocycles. The fraction of sp³-hybridized carbons (Fsp3) is 0.769. The summed E-state index contributed by atoms with van der Waals surface area (Å²) in [7, 11) is 2.06. The molecule has 17 heavy (non-hydrogen) atoms. The summed E-state index contributed by atoms with van der Waals surface area (Å²) in [6.45, 7) is 5.63. The average molecular weight is 236 g/mol. The van der Waals surface area contributed by atoms with E-state index >= 15 is 0 Å². The first-order valence-electron chi connectivity index (χ1n) is 6.70. The minimum Gasteiger partial charge on any atom is -0.316 e. The van der Waals surface area contributed by atoms with E-state index in [1.807, 2.05) is 23.1 Å². The van der Waals surface area contributed by atoms with Gasteiger partial charge in [-0.2, -0.15) is 5.10 Å². The molecule has 1 aromatic rings. The van der Waals surface area contributed by atoms with E-state index in [2.05, 4.69) is 29.3 Å². The molecule has 96 valence electrons. The molecule has 1 aliphatic rings.